The van der Waals surface area contributed by atoms with Crippen LogP contribution >= 0.6 is 22.9 Å². The second kappa shape index (κ2) is 6.95. The van der Waals surface area contributed by atoms with Gasteiger partial charge in [-0.15, -0.1) is 0 Å². The van der Waals surface area contributed by atoms with E-state index in [1.54, 1.807) is 30.3 Å². The van der Waals surface area contributed by atoms with E-state index in [-0.39, 0.29) is 10.8 Å². The van der Waals surface area contributed by atoms with Gasteiger partial charge in [0.2, 0.25) is 5.91 Å². The van der Waals surface area contributed by atoms with Crippen LogP contribution in [0.25, 0.3) is 16.3 Å². The highest BCUT2D eigenvalue weighted by Gasteiger charge is 2.11. The third kappa shape index (κ3) is 4.25. The number of fused-ring (bicyclic) bond motifs is 1. The number of amides is 1. The fourth-order valence-electron chi connectivity index (χ4n) is 2.11. The van der Waals surface area contributed by atoms with Gasteiger partial charge in [0.05, 0.1) is 15.1 Å². The van der Waals surface area contributed by atoms with E-state index in [2.05, 4.69) is 10.3 Å². The van der Waals surface area contributed by atoms with Crippen molar-refractivity contribution in [3.63, 3.8) is 0 Å². The van der Waals surface area contributed by atoms with E-state index in [9.17, 15) is 13.2 Å². The first-order valence-electron chi connectivity index (χ1n) is 7.17. The average Bonchev–Trinajstić information content (AvgIpc) is 2.94. The predicted molar refractivity (Wildman–Crippen MR) is 102 cm³/mol. The number of sulfone groups is 1. The van der Waals surface area contributed by atoms with Crippen molar-refractivity contribution >= 4 is 60.1 Å². The average molecular weight is 393 g/mol. The molecule has 0 aliphatic carbocycles. The van der Waals surface area contributed by atoms with Crippen molar-refractivity contribution in [2.24, 2.45) is 0 Å². The molecule has 128 valence electrons. The third-order valence-corrected chi connectivity index (χ3v) is 5.73. The second-order valence-corrected chi connectivity index (χ2v) is 8.72. The smallest absolute Gasteiger partial charge is 0.250 e. The maximum atomic E-state index is 12.0. The number of carbonyl (C=O) groups excluding carboxylic acids is 1. The van der Waals surface area contributed by atoms with Crippen molar-refractivity contribution in [1.29, 1.82) is 0 Å². The Kier molecular flexibility index (Phi) is 4.89. The lowest BCUT2D eigenvalue weighted by Crippen LogP contribution is -2.07. The molecule has 0 fully saturated rings. The molecule has 5 nitrogen and oxygen atoms in total. The quantitative estimate of drug-likeness (QED) is 0.681. The van der Waals surface area contributed by atoms with E-state index in [4.69, 9.17) is 11.6 Å². The summed E-state index contributed by atoms with van der Waals surface area (Å²) in [7, 11) is -3.28. The highest BCUT2D eigenvalue weighted by molar-refractivity contribution is 7.90. The number of aromatic nitrogens is 1. The lowest BCUT2D eigenvalue weighted by molar-refractivity contribution is -0.111. The monoisotopic (exact) mass is 392 g/mol. The number of halogens is 1. The highest BCUT2D eigenvalue weighted by Crippen LogP contribution is 2.28. The molecule has 3 rings (SSSR count). The molecule has 25 heavy (non-hydrogen) atoms. The van der Waals surface area contributed by atoms with Crippen LogP contribution in [0.3, 0.4) is 0 Å². The SMILES string of the molecule is CS(=O)(=O)c1ccc2nc(NC(=O)C=Cc3ccccc3Cl)sc2c1. The number of anilines is 1. The van der Waals surface area contributed by atoms with Gasteiger partial charge >= 0.3 is 0 Å². The van der Waals surface area contributed by atoms with Crippen LogP contribution in [-0.4, -0.2) is 25.6 Å². The normalized spacial score (nSPS) is 11.9. The van der Waals surface area contributed by atoms with Crippen molar-refractivity contribution in [2.45, 2.75) is 4.90 Å². The van der Waals surface area contributed by atoms with Crippen LogP contribution in [0.2, 0.25) is 5.02 Å². The van der Waals surface area contributed by atoms with E-state index in [1.807, 2.05) is 12.1 Å². The van der Waals surface area contributed by atoms with Crippen molar-refractivity contribution < 1.29 is 13.2 Å². The Morgan fingerprint density at radius 2 is 2.00 bits per heavy atom. The molecular formula is C17H13ClN2O3S2. The van der Waals surface area contributed by atoms with Crippen LogP contribution in [0.4, 0.5) is 5.13 Å². The Balaban J connectivity index is 1.78. The van der Waals surface area contributed by atoms with Crippen LogP contribution in [-0.2, 0) is 14.6 Å². The van der Waals surface area contributed by atoms with Gasteiger partial charge < -0.3 is 0 Å². The maximum absolute atomic E-state index is 12.0. The molecule has 0 bridgehead atoms. The Bertz CT molecular complexity index is 1090. The van der Waals surface area contributed by atoms with Gasteiger partial charge in [0.1, 0.15) is 0 Å². The fraction of sp³-hybridized carbons (Fsp3) is 0.0588. The van der Waals surface area contributed by atoms with Crippen molar-refractivity contribution in [3.8, 4) is 0 Å². The number of rotatable bonds is 4. The topological polar surface area (TPSA) is 76.1 Å². The van der Waals surface area contributed by atoms with Gasteiger partial charge in [0.25, 0.3) is 0 Å². The number of hydrogen-bond acceptors (Lipinski definition) is 5. The molecule has 0 aliphatic rings. The second-order valence-electron chi connectivity index (χ2n) is 5.26. The summed E-state index contributed by atoms with van der Waals surface area (Å²) in [6.07, 6.45) is 4.14. The first kappa shape index (κ1) is 17.6. The highest BCUT2D eigenvalue weighted by atomic mass is 35.5. The Hall–Kier alpha value is -2.22. The molecule has 3 aromatic rings. The van der Waals surface area contributed by atoms with E-state index in [0.29, 0.717) is 20.4 Å². The molecular weight excluding hydrogens is 380 g/mol. The van der Waals surface area contributed by atoms with Gasteiger partial charge in [0, 0.05) is 17.4 Å². The number of hydrogen-bond donors (Lipinski definition) is 1. The van der Waals surface area contributed by atoms with Crippen LogP contribution in [0.15, 0.2) is 53.4 Å². The summed E-state index contributed by atoms with van der Waals surface area (Å²) in [5, 5.41) is 3.62. The molecule has 1 heterocycles. The minimum atomic E-state index is -3.28. The van der Waals surface area contributed by atoms with Crippen molar-refractivity contribution in [2.75, 3.05) is 11.6 Å². The summed E-state index contributed by atoms with van der Waals surface area (Å²) in [5.41, 5.74) is 1.36. The summed E-state index contributed by atoms with van der Waals surface area (Å²) >= 11 is 7.24. The van der Waals surface area contributed by atoms with Crippen LogP contribution in [0, 0.1) is 0 Å². The van der Waals surface area contributed by atoms with Crippen molar-refractivity contribution in [1.82, 2.24) is 4.98 Å². The molecule has 0 aliphatic heterocycles. The largest absolute Gasteiger partial charge is 0.298 e. The Morgan fingerprint density at radius 3 is 2.72 bits per heavy atom. The molecule has 1 N–H and O–H groups in total. The molecule has 0 saturated carbocycles. The van der Waals surface area contributed by atoms with E-state index >= 15 is 0 Å². The Morgan fingerprint density at radius 1 is 1.24 bits per heavy atom. The van der Waals surface area contributed by atoms with Crippen LogP contribution in [0.1, 0.15) is 5.56 Å². The fourth-order valence-corrected chi connectivity index (χ4v) is 3.94. The standard InChI is InChI=1S/C17H13ClN2O3S2/c1-25(22,23)12-7-8-14-15(10-12)24-17(19-14)20-16(21)9-6-11-4-2-3-5-13(11)18/h2-10H,1H3,(H,19,20,21). The lowest BCUT2D eigenvalue weighted by Gasteiger charge is -1.97. The van der Waals surface area contributed by atoms with Crippen LogP contribution in [0.5, 0.6) is 0 Å². The first-order chi connectivity index (χ1) is 11.8. The summed E-state index contributed by atoms with van der Waals surface area (Å²) in [6, 6.07) is 11.9. The minimum Gasteiger partial charge on any atom is -0.298 e. The van der Waals surface area contributed by atoms with E-state index in [1.165, 1.54) is 23.5 Å². The Labute approximate surface area is 153 Å². The summed E-state index contributed by atoms with van der Waals surface area (Å²) in [5.74, 6) is -0.345. The molecule has 0 unspecified atom stereocenters. The zero-order valence-electron chi connectivity index (χ0n) is 13.1. The summed E-state index contributed by atoms with van der Waals surface area (Å²) < 4.78 is 23.9. The molecule has 0 saturated heterocycles. The lowest BCUT2D eigenvalue weighted by atomic mass is 10.2. The molecule has 0 atom stereocenters. The van der Waals surface area contributed by atoms with Gasteiger partial charge in [-0.3, -0.25) is 10.1 Å². The van der Waals surface area contributed by atoms with E-state index in [0.717, 1.165) is 11.8 Å². The first-order valence-corrected chi connectivity index (χ1v) is 10.3. The molecule has 0 spiro atoms. The van der Waals surface area contributed by atoms with E-state index < -0.39 is 9.84 Å². The number of carbonyl (C=O) groups is 1. The molecule has 8 heteroatoms. The maximum Gasteiger partial charge on any atom is 0.250 e. The number of benzene rings is 2. The molecule has 2 aromatic carbocycles. The zero-order chi connectivity index (χ0) is 18.0. The van der Waals surface area contributed by atoms with Crippen molar-refractivity contribution in [3.05, 3.63) is 59.1 Å². The predicted octanol–water partition coefficient (Wildman–Crippen LogP) is 4.01. The summed E-state index contributed by atoms with van der Waals surface area (Å²) in [6.45, 7) is 0. The molecule has 0 radical (unpaired) electrons. The summed E-state index contributed by atoms with van der Waals surface area (Å²) in [4.78, 5) is 16.5. The third-order valence-electron chi connectivity index (χ3n) is 3.34. The number of nitrogens with zero attached hydrogens (tertiary/aromatic N) is 1. The minimum absolute atomic E-state index is 0.222. The molecule has 1 amide bonds. The van der Waals surface area contributed by atoms with Gasteiger partial charge in [-0.25, -0.2) is 13.4 Å². The zero-order valence-corrected chi connectivity index (χ0v) is 15.5. The van der Waals surface area contributed by atoms with Gasteiger partial charge in [-0.1, -0.05) is 41.1 Å². The number of thiazole rings is 1. The van der Waals surface area contributed by atoms with Gasteiger partial charge in [-0.05, 0) is 35.9 Å². The van der Waals surface area contributed by atoms with Gasteiger partial charge in [-0.2, -0.15) is 0 Å². The molecule has 1 aromatic heterocycles. The number of nitrogens with one attached hydrogen (secondary N) is 1. The van der Waals surface area contributed by atoms with Crippen LogP contribution < -0.4 is 5.32 Å². The van der Waals surface area contributed by atoms with Gasteiger partial charge in [0.15, 0.2) is 15.0 Å².